The second kappa shape index (κ2) is 6.56. The fourth-order valence-corrected chi connectivity index (χ4v) is 2.66. The third-order valence-corrected chi connectivity index (χ3v) is 3.87. The molecule has 1 atom stereocenters. The SMILES string of the molecule is O=C(OC1NCc2cc(F)c(OC3CCOCC3)cc21)C(F)(F)F. The minimum atomic E-state index is -5.09. The number of carbonyl (C=O) groups excluding carboxylic acids is 1. The van der Waals surface area contributed by atoms with Gasteiger partial charge in [-0.05, 0) is 17.7 Å². The Labute approximate surface area is 134 Å². The monoisotopic (exact) mass is 349 g/mol. The summed E-state index contributed by atoms with van der Waals surface area (Å²) < 4.78 is 66.3. The van der Waals surface area contributed by atoms with Gasteiger partial charge in [-0.3, -0.25) is 5.32 Å². The molecule has 3 rings (SSSR count). The van der Waals surface area contributed by atoms with E-state index in [4.69, 9.17) is 9.47 Å². The molecule has 1 unspecified atom stereocenters. The van der Waals surface area contributed by atoms with E-state index in [0.717, 1.165) is 0 Å². The van der Waals surface area contributed by atoms with Gasteiger partial charge >= 0.3 is 12.1 Å². The summed E-state index contributed by atoms with van der Waals surface area (Å²) in [7, 11) is 0. The Bertz CT molecular complexity index is 629. The summed E-state index contributed by atoms with van der Waals surface area (Å²) in [5, 5.41) is 2.60. The van der Waals surface area contributed by atoms with E-state index in [2.05, 4.69) is 10.1 Å². The molecule has 24 heavy (non-hydrogen) atoms. The number of ether oxygens (including phenoxy) is 3. The van der Waals surface area contributed by atoms with Crippen molar-refractivity contribution in [2.24, 2.45) is 0 Å². The third-order valence-electron chi connectivity index (χ3n) is 3.87. The number of esters is 1. The Morgan fingerprint density at radius 1 is 1.25 bits per heavy atom. The van der Waals surface area contributed by atoms with E-state index in [-0.39, 0.29) is 24.0 Å². The first-order valence-corrected chi connectivity index (χ1v) is 7.42. The van der Waals surface area contributed by atoms with Crippen LogP contribution in [-0.4, -0.2) is 31.5 Å². The van der Waals surface area contributed by atoms with E-state index < -0.39 is 24.2 Å². The van der Waals surface area contributed by atoms with Gasteiger partial charge in [0.05, 0.1) is 13.2 Å². The van der Waals surface area contributed by atoms with E-state index in [1.807, 2.05) is 0 Å². The van der Waals surface area contributed by atoms with Crippen LogP contribution in [0.15, 0.2) is 12.1 Å². The van der Waals surface area contributed by atoms with Crippen molar-refractivity contribution >= 4 is 5.97 Å². The first kappa shape index (κ1) is 17.0. The molecule has 0 bridgehead atoms. The van der Waals surface area contributed by atoms with Crippen LogP contribution in [0, 0.1) is 5.82 Å². The van der Waals surface area contributed by atoms with E-state index >= 15 is 0 Å². The largest absolute Gasteiger partial charge is 0.490 e. The molecule has 0 radical (unpaired) electrons. The lowest BCUT2D eigenvalue weighted by Crippen LogP contribution is -2.30. The molecule has 0 amide bonds. The van der Waals surface area contributed by atoms with E-state index in [1.165, 1.54) is 12.1 Å². The van der Waals surface area contributed by atoms with Crippen molar-refractivity contribution in [2.45, 2.75) is 37.9 Å². The van der Waals surface area contributed by atoms with Crippen LogP contribution in [0.2, 0.25) is 0 Å². The smallest absolute Gasteiger partial charge is 0.487 e. The Morgan fingerprint density at radius 3 is 2.62 bits per heavy atom. The predicted octanol–water partition coefficient (Wildman–Crippen LogP) is 2.59. The highest BCUT2D eigenvalue weighted by Crippen LogP contribution is 2.34. The topological polar surface area (TPSA) is 56.8 Å². The zero-order chi connectivity index (χ0) is 17.3. The summed E-state index contributed by atoms with van der Waals surface area (Å²) in [5.41, 5.74) is 0.683. The molecule has 9 heteroatoms. The van der Waals surface area contributed by atoms with Crippen molar-refractivity contribution in [3.63, 3.8) is 0 Å². The van der Waals surface area contributed by atoms with Gasteiger partial charge in [0, 0.05) is 24.9 Å². The molecule has 1 aromatic carbocycles. The molecule has 0 aromatic heterocycles. The molecule has 1 fully saturated rings. The van der Waals surface area contributed by atoms with Crippen LogP contribution in [0.1, 0.15) is 30.2 Å². The highest BCUT2D eigenvalue weighted by atomic mass is 19.4. The molecule has 1 N–H and O–H groups in total. The minimum absolute atomic E-state index is 0.0718. The van der Waals surface area contributed by atoms with Crippen LogP contribution in [0.25, 0.3) is 0 Å². The van der Waals surface area contributed by atoms with Gasteiger partial charge in [-0.1, -0.05) is 0 Å². The number of rotatable bonds is 3. The summed E-state index contributed by atoms with van der Waals surface area (Å²) in [6.07, 6.45) is -5.40. The van der Waals surface area contributed by atoms with E-state index in [0.29, 0.717) is 31.6 Å². The number of carbonyl (C=O) groups is 1. The molecule has 5 nitrogen and oxygen atoms in total. The first-order valence-electron chi connectivity index (χ1n) is 7.42. The van der Waals surface area contributed by atoms with E-state index in [9.17, 15) is 22.4 Å². The van der Waals surface area contributed by atoms with Crippen molar-refractivity contribution in [2.75, 3.05) is 13.2 Å². The van der Waals surface area contributed by atoms with Gasteiger partial charge in [0.1, 0.15) is 6.10 Å². The molecule has 132 valence electrons. The lowest BCUT2D eigenvalue weighted by Gasteiger charge is -2.24. The van der Waals surface area contributed by atoms with Crippen molar-refractivity contribution < 1.29 is 36.6 Å². The standard InChI is InChI=1S/C15H15F4NO4/c16-11-5-8-7-20-13(24-14(21)15(17,18)19)10(8)6-12(11)23-9-1-3-22-4-2-9/h5-6,9,13,20H,1-4,7H2. The van der Waals surface area contributed by atoms with Gasteiger partial charge in [-0.2, -0.15) is 13.2 Å². The molecule has 0 aliphatic carbocycles. The molecule has 1 saturated heterocycles. The second-order valence-corrected chi connectivity index (χ2v) is 5.58. The third kappa shape index (κ3) is 3.62. The van der Waals surface area contributed by atoms with Gasteiger partial charge < -0.3 is 14.2 Å². The number of halogens is 4. The summed E-state index contributed by atoms with van der Waals surface area (Å²) in [6.45, 7) is 1.11. The van der Waals surface area contributed by atoms with Gasteiger partial charge in [0.2, 0.25) is 0 Å². The van der Waals surface area contributed by atoms with Gasteiger partial charge in [0.15, 0.2) is 17.8 Å². The van der Waals surface area contributed by atoms with Crippen LogP contribution in [0.5, 0.6) is 5.75 Å². The Kier molecular flexibility index (Phi) is 4.64. The average Bonchev–Trinajstić information content (AvgIpc) is 2.90. The molecule has 0 spiro atoms. The molecular formula is C15H15F4NO4. The number of hydrogen-bond acceptors (Lipinski definition) is 5. The predicted molar refractivity (Wildman–Crippen MR) is 72.6 cm³/mol. The van der Waals surface area contributed by atoms with Gasteiger partial charge in [-0.25, -0.2) is 9.18 Å². The number of alkyl halides is 3. The van der Waals surface area contributed by atoms with Crippen molar-refractivity contribution in [3.05, 3.63) is 29.1 Å². The minimum Gasteiger partial charge on any atom is -0.487 e. The summed E-state index contributed by atoms with van der Waals surface area (Å²) in [5.74, 6) is -2.98. The van der Waals surface area contributed by atoms with Crippen LogP contribution in [0.4, 0.5) is 17.6 Å². The van der Waals surface area contributed by atoms with E-state index in [1.54, 1.807) is 0 Å². The fourth-order valence-electron chi connectivity index (χ4n) is 2.66. The molecule has 2 heterocycles. The molecular weight excluding hydrogens is 334 g/mol. The normalized spacial score (nSPS) is 21.4. The molecule has 0 saturated carbocycles. The molecule has 1 aromatic rings. The second-order valence-electron chi connectivity index (χ2n) is 5.58. The van der Waals surface area contributed by atoms with Crippen molar-refractivity contribution in [3.8, 4) is 5.75 Å². The molecule has 2 aliphatic rings. The highest BCUT2D eigenvalue weighted by Gasteiger charge is 2.43. The van der Waals surface area contributed by atoms with Crippen LogP contribution in [-0.2, 0) is 20.8 Å². The van der Waals surface area contributed by atoms with Crippen molar-refractivity contribution in [1.29, 1.82) is 0 Å². The maximum atomic E-state index is 14.1. The lowest BCUT2D eigenvalue weighted by molar-refractivity contribution is -0.206. The fraction of sp³-hybridized carbons (Fsp3) is 0.533. The summed E-state index contributed by atoms with van der Waals surface area (Å²) >= 11 is 0. The van der Waals surface area contributed by atoms with Crippen LogP contribution in [0.3, 0.4) is 0 Å². The summed E-state index contributed by atoms with van der Waals surface area (Å²) in [4.78, 5) is 11.0. The number of hydrogen-bond donors (Lipinski definition) is 1. The lowest BCUT2D eigenvalue weighted by atomic mass is 10.1. The average molecular weight is 349 g/mol. The number of benzene rings is 1. The van der Waals surface area contributed by atoms with Crippen molar-refractivity contribution in [1.82, 2.24) is 5.32 Å². The zero-order valence-corrected chi connectivity index (χ0v) is 12.5. The quantitative estimate of drug-likeness (QED) is 0.672. The van der Waals surface area contributed by atoms with Gasteiger partial charge in [-0.15, -0.1) is 0 Å². The van der Waals surface area contributed by atoms with Crippen LogP contribution < -0.4 is 10.1 Å². The Balaban J connectivity index is 1.77. The first-order chi connectivity index (χ1) is 11.3. The summed E-state index contributed by atoms with van der Waals surface area (Å²) in [6, 6.07) is 2.47. The Morgan fingerprint density at radius 2 is 1.96 bits per heavy atom. The number of fused-ring (bicyclic) bond motifs is 1. The Hall–Kier alpha value is -1.87. The maximum absolute atomic E-state index is 14.1. The molecule has 2 aliphatic heterocycles. The van der Waals surface area contributed by atoms with Gasteiger partial charge in [0.25, 0.3) is 0 Å². The van der Waals surface area contributed by atoms with Crippen LogP contribution >= 0.6 is 0 Å². The zero-order valence-electron chi connectivity index (χ0n) is 12.5. The maximum Gasteiger partial charge on any atom is 0.490 e. The highest BCUT2D eigenvalue weighted by molar-refractivity contribution is 5.76. The number of nitrogens with one attached hydrogen (secondary N) is 1.